The molecular weight excluding hydrogens is 331 g/mol. The van der Waals surface area contributed by atoms with Crippen LogP contribution in [-0.2, 0) is 0 Å². The highest BCUT2D eigenvalue weighted by Crippen LogP contribution is 2.31. The summed E-state index contributed by atoms with van der Waals surface area (Å²) in [6.45, 7) is 11.4. The van der Waals surface area contributed by atoms with E-state index in [1.54, 1.807) is 18.5 Å². The number of hydrogen-bond acceptors (Lipinski definition) is 4. The Kier molecular flexibility index (Phi) is 4.17. The Morgan fingerprint density at radius 2 is 2.27 bits per heavy atom. The second kappa shape index (κ2) is 6.64. The number of fused-ring (bicyclic) bond motifs is 1. The van der Waals surface area contributed by atoms with Crippen molar-refractivity contribution in [2.45, 2.75) is 19.4 Å². The molecule has 1 atom stereocenters. The number of aromatic nitrogens is 3. The van der Waals surface area contributed by atoms with Gasteiger partial charge in [0.15, 0.2) is 5.69 Å². The van der Waals surface area contributed by atoms with Gasteiger partial charge in [-0.2, -0.15) is 0 Å². The Balaban J connectivity index is 1.59. The molecule has 26 heavy (non-hydrogen) atoms. The van der Waals surface area contributed by atoms with Crippen LogP contribution in [0.2, 0.25) is 0 Å². The summed E-state index contributed by atoms with van der Waals surface area (Å²) >= 11 is 0. The maximum Gasteiger partial charge on any atom is 0.190 e. The van der Waals surface area contributed by atoms with Crippen molar-refractivity contribution in [1.82, 2.24) is 15.0 Å². The highest BCUT2D eigenvalue weighted by Gasteiger charge is 2.30. The highest BCUT2D eigenvalue weighted by molar-refractivity contribution is 5.87. The summed E-state index contributed by atoms with van der Waals surface area (Å²) in [5.74, 6) is 0.576. The quantitative estimate of drug-likeness (QED) is 0.728. The number of benzene rings is 1. The number of hydrogen-bond donors (Lipinski definition) is 1. The summed E-state index contributed by atoms with van der Waals surface area (Å²) in [4.78, 5) is 19.4. The molecule has 1 fully saturated rings. The minimum absolute atomic E-state index is 0.192. The Labute approximate surface area is 151 Å². The van der Waals surface area contributed by atoms with E-state index in [9.17, 15) is 4.39 Å². The fourth-order valence-corrected chi connectivity index (χ4v) is 3.72. The number of rotatable bonds is 4. The van der Waals surface area contributed by atoms with Crippen LogP contribution in [0, 0.1) is 12.4 Å². The first kappa shape index (κ1) is 16.3. The SMILES string of the molecule is [C-]#[N+]c1ccc(N(CC)[C@@H]2CCN(c3ncnc4[nH]ccc34)C2)c(F)c1. The summed E-state index contributed by atoms with van der Waals surface area (Å²) in [6.07, 6.45) is 4.36. The Hall–Kier alpha value is -3.14. The first-order valence-corrected chi connectivity index (χ1v) is 8.68. The van der Waals surface area contributed by atoms with E-state index in [0.717, 1.165) is 36.4 Å². The second-order valence-electron chi connectivity index (χ2n) is 6.36. The molecule has 0 spiro atoms. The standard InChI is InChI=1S/C19H19FN6/c1-3-26(17-5-4-13(21-2)10-16(17)20)14-7-9-25(11-14)19-15-6-8-22-18(15)23-12-24-19/h4-6,8,10,12,14H,3,7,9,11H2,1H3,(H,22,23,24)/t14-/m1/s1. The van der Waals surface area contributed by atoms with Gasteiger partial charge in [0.2, 0.25) is 0 Å². The molecule has 0 saturated carbocycles. The Morgan fingerprint density at radius 3 is 3.04 bits per heavy atom. The Morgan fingerprint density at radius 1 is 1.38 bits per heavy atom. The molecule has 1 saturated heterocycles. The van der Waals surface area contributed by atoms with Crippen LogP contribution in [-0.4, -0.2) is 40.6 Å². The molecule has 0 unspecified atom stereocenters. The van der Waals surface area contributed by atoms with Gasteiger partial charge in [-0.3, -0.25) is 0 Å². The number of aromatic amines is 1. The maximum atomic E-state index is 14.5. The molecule has 7 heteroatoms. The number of nitrogens with one attached hydrogen (secondary N) is 1. The van der Waals surface area contributed by atoms with Gasteiger partial charge in [0, 0.05) is 31.9 Å². The molecule has 4 rings (SSSR count). The third-order valence-corrected chi connectivity index (χ3v) is 4.95. The third-order valence-electron chi connectivity index (χ3n) is 4.95. The van der Waals surface area contributed by atoms with Crippen LogP contribution in [0.15, 0.2) is 36.8 Å². The maximum absolute atomic E-state index is 14.5. The second-order valence-corrected chi connectivity index (χ2v) is 6.36. The van der Waals surface area contributed by atoms with Crippen LogP contribution in [0.1, 0.15) is 13.3 Å². The van der Waals surface area contributed by atoms with Crippen molar-refractivity contribution in [3.63, 3.8) is 0 Å². The lowest BCUT2D eigenvalue weighted by molar-refractivity contribution is 0.593. The van der Waals surface area contributed by atoms with Gasteiger partial charge in [-0.05, 0) is 31.5 Å². The molecule has 3 heterocycles. The van der Waals surface area contributed by atoms with Gasteiger partial charge in [0.25, 0.3) is 0 Å². The normalized spacial score (nSPS) is 16.8. The molecule has 1 aromatic carbocycles. The van der Waals surface area contributed by atoms with Gasteiger partial charge >= 0.3 is 0 Å². The first-order valence-electron chi connectivity index (χ1n) is 8.68. The third kappa shape index (κ3) is 2.73. The fourth-order valence-electron chi connectivity index (χ4n) is 3.72. The van der Waals surface area contributed by atoms with Gasteiger partial charge in [0.1, 0.15) is 23.6 Å². The molecule has 0 aliphatic carbocycles. The van der Waals surface area contributed by atoms with E-state index in [0.29, 0.717) is 17.9 Å². The van der Waals surface area contributed by atoms with Crippen molar-refractivity contribution in [1.29, 1.82) is 0 Å². The molecule has 6 nitrogen and oxygen atoms in total. The average Bonchev–Trinajstić information content (AvgIpc) is 3.32. The monoisotopic (exact) mass is 350 g/mol. The molecule has 0 bridgehead atoms. The van der Waals surface area contributed by atoms with E-state index < -0.39 is 0 Å². The fraction of sp³-hybridized carbons (Fsp3) is 0.316. The van der Waals surface area contributed by atoms with E-state index in [1.807, 2.05) is 19.2 Å². The van der Waals surface area contributed by atoms with Crippen molar-refractivity contribution < 1.29 is 4.39 Å². The predicted octanol–water partition coefficient (Wildman–Crippen LogP) is 3.75. The lowest BCUT2D eigenvalue weighted by Crippen LogP contribution is -2.38. The van der Waals surface area contributed by atoms with Crippen LogP contribution in [0.3, 0.4) is 0 Å². The van der Waals surface area contributed by atoms with Gasteiger partial charge < -0.3 is 14.8 Å². The molecule has 1 aliphatic rings. The first-order chi connectivity index (χ1) is 12.7. The number of anilines is 2. The van der Waals surface area contributed by atoms with Gasteiger partial charge in [0.05, 0.1) is 17.6 Å². The highest BCUT2D eigenvalue weighted by atomic mass is 19.1. The molecule has 1 aliphatic heterocycles. The summed E-state index contributed by atoms with van der Waals surface area (Å²) in [6, 6.07) is 6.87. The van der Waals surface area contributed by atoms with Gasteiger partial charge in [-0.15, -0.1) is 0 Å². The number of H-pyrrole nitrogens is 1. The lowest BCUT2D eigenvalue weighted by Gasteiger charge is -2.30. The molecule has 3 aromatic rings. The minimum atomic E-state index is -0.339. The predicted molar refractivity (Wildman–Crippen MR) is 100 cm³/mol. The summed E-state index contributed by atoms with van der Waals surface area (Å²) in [5.41, 5.74) is 1.71. The van der Waals surface area contributed by atoms with Crippen LogP contribution in [0.5, 0.6) is 0 Å². The molecule has 132 valence electrons. The van der Waals surface area contributed by atoms with Gasteiger partial charge in [-0.1, -0.05) is 6.07 Å². The molecule has 2 aromatic heterocycles. The van der Waals surface area contributed by atoms with Crippen molar-refractivity contribution in [2.24, 2.45) is 0 Å². The van der Waals surface area contributed by atoms with E-state index in [1.165, 1.54) is 6.07 Å². The smallest absolute Gasteiger partial charge is 0.190 e. The summed E-state index contributed by atoms with van der Waals surface area (Å²) in [5, 5.41) is 1.00. The van der Waals surface area contributed by atoms with E-state index >= 15 is 0 Å². The van der Waals surface area contributed by atoms with E-state index in [2.05, 4.69) is 29.6 Å². The zero-order valence-electron chi connectivity index (χ0n) is 14.5. The molecule has 0 radical (unpaired) electrons. The van der Waals surface area contributed by atoms with Crippen LogP contribution in [0.4, 0.5) is 21.6 Å². The van der Waals surface area contributed by atoms with Crippen molar-refractivity contribution in [3.8, 4) is 0 Å². The van der Waals surface area contributed by atoms with Crippen molar-refractivity contribution in [3.05, 3.63) is 54.0 Å². The number of likely N-dealkylation sites (N-methyl/N-ethyl adjacent to an activating group) is 1. The minimum Gasteiger partial charge on any atom is -0.365 e. The van der Waals surface area contributed by atoms with Crippen LogP contribution in [0.25, 0.3) is 15.9 Å². The zero-order valence-corrected chi connectivity index (χ0v) is 14.5. The Bertz CT molecular complexity index is 976. The summed E-state index contributed by atoms with van der Waals surface area (Å²) in [7, 11) is 0. The molecular formula is C19H19FN6. The number of nitrogens with zero attached hydrogens (tertiary/aromatic N) is 5. The van der Waals surface area contributed by atoms with Gasteiger partial charge in [-0.25, -0.2) is 19.2 Å². The average molecular weight is 350 g/mol. The number of halogens is 1. The largest absolute Gasteiger partial charge is 0.365 e. The zero-order chi connectivity index (χ0) is 18.1. The lowest BCUT2D eigenvalue weighted by atomic mass is 10.1. The summed E-state index contributed by atoms with van der Waals surface area (Å²) < 4.78 is 14.5. The van der Waals surface area contributed by atoms with Crippen molar-refractivity contribution in [2.75, 3.05) is 29.4 Å². The topological polar surface area (TPSA) is 52.4 Å². The van der Waals surface area contributed by atoms with E-state index in [-0.39, 0.29) is 11.9 Å². The van der Waals surface area contributed by atoms with E-state index in [4.69, 9.17) is 6.57 Å². The van der Waals surface area contributed by atoms with Crippen LogP contribution >= 0.6 is 0 Å². The van der Waals surface area contributed by atoms with Crippen LogP contribution < -0.4 is 9.80 Å². The van der Waals surface area contributed by atoms with Crippen molar-refractivity contribution >= 4 is 28.2 Å². The molecule has 1 N–H and O–H groups in total. The molecule has 0 amide bonds.